The van der Waals surface area contributed by atoms with E-state index in [-0.39, 0.29) is 0 Å². The number of aromatic nitrogens is 1. The summed E-state index contributed by atoms with van der Waals surface area (Å²) in [6.07, 6.45) is 0. The molecule has 1 saturated heterocycles. The first kappa shape index (κ1) is 11.8. The van der Waals surface area contributed by atoms with E-state index in [1.165, 1.54) is 0 Å². The Hall–Kier alpha value is -1.32. The number of nitrogens with zero attached hydrogens (tertiary/aromatic N) is 2. The van der Waals surface area contributed by atoms with E-state index in [9.17, 15) is 0 Å². The third-order valence-corrected chi connectivity index (χ3v) is 3.59. The number of pyridine rings is 1. The maximum atomic E-state index is 6.07. The zero-order valence-electron chi connectivity index (χ0n) is 10.4. The molecule has 3 rings (SSSR count). The molecule has 1 fully saturated rings. The molecule has 1 aliphatic rings. The lowest BCUT2D eigenvalue weighted by Gasteiger charge is -2.28. The normalized spacial score (nSPS) is 16.2. The zero-order valence-corrected chi connectivity index (χ0v) is 11.2. The van der Waals surface area contributed by atoms with E-state index in [0.717, 1.165) is 53.5 Å². The van der Waals surface area contributed by atoms with Crippen LogP contribution in [0, 0.1) is 6.92 Å². The van der Waals surface area contributed by atoms with Crippen molar-refractivity contribution in [3.05, 3.63) is 34.9 Å². The molecule has 3 nitrogen and oxygen atoms in total. The van der Waals surface area contributed by atoms with E-state index < -0.39 is 0 Å². The molecule has 0 atom stereocenters. The standard InChI is InChI=1S/C14H16ClN3/c1-10-8-12(15)9-11-2-3-13(17-14(10)11)18-6-4-16-5-7-18/h2-3,8-9,16H,4-7H2,1H3. The van der Waals surface area contributed by atoms with Crippen LogP contribution in [0.25, 0.3) is 10.9 Å². The Bertz CT molecular complexity index is 577. The predicted octanol–water partition coefficient (Wildman–Crippen LogP) is 2.61. The molecule has 0 unspecified atom stereocenters. The molecule has 1 N–H and O–H groups in total. The summed E-state index contributed by atoms with van der Waals surface area (Å²) >= 11 is 6.07. The minimum Gasteiger partial charge on any atom is -0.354 e. The summed E-state index contributed by atoms with van der Waals surface area (Å²) in [5.41, 5.74) is 2.19. The Labute approximate surface area is 112 Å². The van der Waals surface area contributed by atoms with E-state index in [4.69, 9.17) is 16.6 Å². The van der Waals surface area contributed by atoms with Crippen molar-refractivity contribution in [2.24, 2.45) is 0 Å². The van der Waals surface area contributed by atoms with Crippen LogP contribution >= 0.6 is 11.6 Å². The quantitative estimate of drug-likeness (QED) is 0.855. The maximum absolute atomic E-state index is 6.07. The lowest BCUT2D eigenvalue weighted by molar-refractivity contribution is 0.585. The van der Waals surface area contributed by atoms with Crippen LogP contribution < -0.4 is 10.2 Å². The van der Waals surface area contributed by atoms with Gasteiger partial charge in [0.05, 0.1) is 5.52 Å². The highest BCUT2D eigenvalue weighted by Gasteiger charge is 2.12. The second-order valence-electron chi connectivity index (χ2n) is 4.70. The van der Waals surface area contributed by atoms with Gasteiger partial charge in [0, 0.05) is 36.6 Å². The molecule has 2 aromatic rings. The number of rotatable bonds is 1. The van der Waals surface area contributed by atoms with E-state index in [2.05, 4.69) is 29.3 Å². The van der Waals surface area contributed by atoms with Gasteiger partial charge in [0.25, 0.3) is 0 Å². The summed E-state index contributed by atoms with van der Waals surface area (Å²) in [6, 6.07) is 8.14. The Kier molecular flexibility index (Phi) is 3.10. The van der Waals surface area contributed by atoms with Gasteiger partial charge in [-0.25, -0.2) is 4.98 Å². The first-order valence-electron chi connectivity index (χ1n) is 6.26. The second-order valence-corrected chi connectivity index (χ2v) is 5.14. The number of halogens is 1. The van der Waals surface area contributed by atoms with Crippen molar-refractivity contribution < 1.29 is 0 Å². The van der Waals surface area contributed by atoms with Crippen molar-refractivity contribution in [2.45, 2.75) is 6.92 Å². The van der Waals surface area contributed by atoms with Gasteiger partial charge in [-0.3, -0.25) is 0 Å². The van der Waals surface area contributed by atoms with Crippen molar-refractivity contribution in [1.82, 2.24) is 10.3 Å². The fraction of sp³-hybridized carbons (Fsp3) is 0.357. The smallest absolute Gasteiger partial charge is 0.129 e. The number of hydrogen-bond acceptors (Lipinski definition) is 3. The van der Waals surface area contributed by atoms with Gasteiger partial charge in [-0.15, -0.1) is 0 Å². The van der Waals surface area contributed by atoms with Gasteiger partial charge >= 0.3 is 0 Å². The van der Waals surface area contributed by atoms with Crippen LogP contribution in [0.4, 0.5) is 5.82 Å². The topological polar surface area (TPSA) is 28.2 Å². The number of nitrogens with one attached hydrogen (secondary N) is 1. The summed E-state index contributed by atoms with van der Waals surface area (Å²) in [5.74, 6) is 1.06. The van der Waals surface area contributed by atoms with Gasteiger partial charge in [0.2, 0.25) is 0 Å². The van der Waals surface area contributed by atoms with E-state index >= 15 is 0 Å². The van der Waals surface area contributed by atoms with Gasteiger partial charge < -0.3 is 10.2 Å². The lowest BCUT2D eigenvalue weighted by atomic mass is 10.1. The highest BCUT2D eigenvalue weighted by molar-refractivity contribution is 6.31. The lowest BCUT2D eigenvalue weighted by Crippen LogP contribution is -2.43. The molecule has 1 aromatic heterocycles. The molecule has 0 spiro atoms. The first-order valence-corrected chi connectivity index (χ1v) is 6.64. The van der Waals surface area contributed by atoms with Gasteiger partial charge in [-0.05, 0) is 36.8 Å². The fourth-order valence-electron chi connectivity index (χ4n) is 2.43. The van der Waals surface area contributed by atoms with Crippen LogP contribution in [-0.4, -0.2) is 31.2 Å². The van der Waals surface area contributed by atoms with Crippen LogP contribution in [0.1, 0.15) is 5.56 Å². The summed E-state index contributed by atoms with van der Waals surface area (Å²) < 4.78 is 0. The summed E-state index contributed by atoms with van der Waals surface area (Å²) in [7, 11) is 0. The molecule has 0 saturated carbocycles. The number of piperazine rings is 1. The molecular weight excluding hydrogens is 246 g/mol. The van der Waals surface area contributed by atoms with Crippen molar-refractivity contribution in [3.63, 3.8) is 0 Å². The highest BCUT2D eigenvalue weighted by Crippen LogP contribution is 2.24. The Morgan fingerprint density at radius 3 is 2.78 bits per heavy atom. The number of anilines is 1. The molecule has 4 heteroatoms. The van der Waals surface area contributed by atoms with E-state index in [1.54, 1.807) is 0 Å². The summed E-state index contributed by atoms with van der Waals surface area (Å²) in [4.78, 5) is 7.10. The number of aryl methyl sites for hydroxylation is 1. The van der Waals surface area contributed by atoms with Crippen molar-refractivity contribution in [1.29, 1.82) is 0 Å². The molecule has 1 aromatic carbocycles. The SMILES string of the molecule is Cc1cc(Cl)cc2ccc(N3CCNCC3)nc12. The molecule has 0 aliphatic carbocycles. The van der Waals surface area contributed by atoms with Gasteiger partial charge in [-0.2, -0.15) is 0 Å². The number of hydrogen-bond donors (Lipinski definition) is 1. The molecule has 94 valence electrons. The zero-order chi connectivity index (χ0) is 12.5. The number of benzene rings is 1. The van der Waals surface area contributed by atoms with Crippen LogP contribution in [0.5, 0.6) is 0 Å². The van der Waals surface area contributed by atoms with E-state index in [1.807, 2.05) is 12.1 Å². The predicted molar refractivity (Wildman–Crippen MR) is 76.6 cm³/mol. The van der Waals surface area contributed by atoms with Crippen LogP contribution in [0.15, 0.2) is 24.3 Å². The largest absolute Gasteiger partial charge is 0.354 e. The Morgan fingerprint density at radius 1 is 1.22 bits per heavy atom. The minimum absolute atomic E-state index is 0.775. The fourth-order valence-corrected chi connectivity index (χ4v) is 2.71. The monoisotopic (exact) mass is 261 g/mol. The molecular formula is C14H16ClN3. The molecule has 2 heterocycles. The second kappa shape index (κ2) is 4.75. The van der Waals surface area contributed by atoms with Crippen molar-refractivity contribution in [2.75, 3.05) is 31.1 Å². The molecule has 18 heavy (non-hydrogen) atoms. The van der Waals surface area contributed by atoms with Crippen LogP contribution in [0.3, 0.4) is 0 Å². The molecule has 1 aliphatic heterocycles. The van der Waals surface area contributed by atoms with Crippen LogP contribution in [-0.2, 0) is 0 Å². The number of fused-ring (bicyclic) bond motifs is 1. The van der Waals surface area contributed by atoms with E-state index in [0.29, 0.717) is 0 Å². The van der Waals surface area contributed by atoms with Gasteiger partial charge in [-0.1, -0.05) is 11.6 Å². The third-order valence-electron chi connectivity index (χ3n) is 3.37. The van der Waals surface area contributed by atoms with Gasteiger partial charge in [0.1, 0.15) is 5.82 Å². The first-order chi connectivity index (χ1) is 8.74. The van der Waals surface area contributed by atoms with Crippen molar-refractivity contribution in [3.8, 4) is 0 Å². The minimum atomic E-state index is 0.775. The maximum Gasteiger partial charge on any atom is 0.129 e. The van der Waals surface area contributed by atoms with Gasteiger partial charge in [0.15, 0.2) is 0 Å². The Morgan fingerprint density at radius 2 is 2.00 bits per heavy atom. The average molecular weight is 262 g/mol. The average Bonchev–Trinajstić information content (AvgIpc) is 2.39. The molecule has 0 radical (unpaired) electrons. The van der Waals surface area contributed by atoms with Crippen LogP contribution in [0.2, 0.25) is 5.02 Å². The van der Waals surface area contributed by atoms with Crippen molar-refractivity contribution >= 4 is 28.3 Å². The highest BCUT2D eigenvalue weighted by atomic mass is 35.5. The Balaban J connectivity index is 2.04. The third kappa shape index (κ3) is 2.16. The summed E-state index contributed by atoms with van der Waals surface area (Å²) in [6.45, 7) is 6.15. The molecule has 0 amide bonds. The summed E-state index contributed by atoms with van der Waals surface area (Å²) in [5, 5.41) is 5.24. The molecule has 0 bridgehead atoms.